The Bertz CT molecular complexity index is 1210. The summed E-state index contributed by atoms with van der Waals surface area (Å²) < 4.78 is 10.9. The summed E-state index contributed by atoms with van der Waals surface area (Å²) in [5.41, 5.74) is 10.1. The number of nitrogens with zero attached hydrogens (tertiary/aromatic N) is 1. The first kappa shape index (κ1) is 21.1. The minimum atomic E-state index is -0.584. The van der Waals surface area contributed by atoms with Crippen LogP contribution in [0.4, 0.5) is 0 Å². The van der Waals surface area contributed by atoms with Crippen LogP contribution < -0.4 is 16.3 Å². The number of carbonyl (C=O) groups is 3. The summed E-state index contributed by atoms with van der Waals surface area (Å²) in [5, 5.41) is 4.30. The molecule has 0 unspecified atom stereocenters. The van der Waals surface area contributed by atoms with Gasteiger partial charge in [0.2, 0.25) is 0 Å². The number of hydrogen-bond acceptors (Lipinski definition) is 6. The van der Waals surface area contributed by atoms with Gasteiger partial charge in [-0.15, -0.1) is 0 Å². The monoisotopic (exact) mass is 434 g/mol. The lowest BCUT2D eigenvalue weighted by atomic mass is 9.93. The highest BCUT2D eigenvalue weighted by Crippen LogP contribution is 2.29. The lowest BCUT2D eigenvalue weighted by molar-refractivity contribution is 0.0828. The Kier molecular flexibility index (Phi) is 5.89. The average molecular weight is 434 g/mol. The van der Waals surface area contributed by atoms with Gasteiger partial charge < -0.3 is 8.83 Å². The molecule has 1 aliphatic rings. The highest BCUT2D eigenvalue weighted by atomic mass is 16.4. The number of furan rings is 2. The Morgan fingerprint density at radius 2 is 1.69 bits per heavy atom. The van der Waals surface area contributed by atoms with Crippen molar-refractivity contribution in [2.24, 2.45) is 5.10 Å². The van der Waals surface area contributed by atoms with Crippen LogP contribution in [0.1, 0.15) is 66.8 Å². The first-order valence-electron chi connectivity index (χ1n) is 10.1. The maximum absolute atomic E-state index is 12.6. The van der Waals surface area contributed by atoms with Gasteiger partial charge in [-0.3, -0.25) is 25.2 Å². The first-order valence-corrected chi connectivity index (χ1v) is 10.1. The van der Waals surface area contributed by atoms with Crippen LogP contribution in [0.2, 0.25) is 0 Å². The van der Waals surface area contributed by atoms with Gasteiger partial charge in [-0.1, -0.05) is 18.2 Å². The molecule has 0 atom stereocenters. The van der Waals surface area contributed by atoms with Gasteiger partial charge in [0.25, 0.3) is 11.8 Å². The fraction of sp³-hybridized carbons (Fsp3) is 0.217. The van der Waals surface area contributed by atoms with Crippen molar-refractivity contribution in [3.8, 4) is 0 Å². The predicted molar refractivity (Wildman–Crippen MR) is 115 cm³/mol. The van der Waals surface area contributed by atoms with Crippen LogP contribution in [0.15, 0.2) is 56.6 Å². The molecule has 0 spiro atoms. The van der Waals surface area contributed by atoms with Gasteiger partial charge in [-0.2, -0.15) is 5.10 Å². The highest BCUT2D eigenvalue weighted by Gasteiger charge is 2.28. The topological polar surface area (TPSA) is 126 Å². The molecule has 0 radical (unpaired) electrons. The fourth-order valence-corrected chi connectivity index (χ4v) is 3.63. The van der Waals surface area contributed by atoms with Gasteiger partial charge in [0.1, 0.15) is 11.5 Å². The predicted octanol–water partition coefficient (Wildman–Crippen LogP) is 3.03. The van der Waals surface area contributed by atoms with Crippen molar-refractivity contribution in [1.82, 2.24) is 16.3 Å². The lowest BCUT2D eigenvalue weighted by Gasteiger charge is -2.13. The third-order valence-corrected chi connectivity index (χ3v) is 5.25. The molecule has 0 bridgehead atoms. The van der Waals surface area contributed by atoms with E-state index in [1.165, 1.54) is 12.3 Å². The molecule has 3 aromatic rings. The molecular formula is C23H22N4O5. The Hall–Kier alpha value is -4.14. The van der Waals surface area contributed by atoms with Gasteiger partial charge in [-0.25, -0.2) is 5.43 Å². The molecular weight excluding hydrogens is 412 g/mol. The number of hydrazone groups is 1. The second-order valence-electron chi connectivity index (χ2n) is 7.37. The molecule has 32 heavy (non-hydrogen) atoms. The smallest absolute Gasteiger partial charge is 0.305 e. The minimum Gasteiger partial charge on any atom is -0.469 e. The van der Waals surface area contributed by atoms with Crippen molar-refractivity contribution in [1.29, 1.82) is 0 Å². The van der Waals surface area contributed by atoms with E-state index in [9.17, 15) is 14.4 Å². The number of rotatable bonds is 4. The number of carbonyl (C=O) groups excluding carboxylic acids is 3. The van der Waals surface area contributed by atoms with Crippen LogP contribution >= 0.6 is 0 Å². The van der Waals surface area contributed by atoms with E-state index < -0.39 is 11.8 Å². The van der Waals surface area contributed by atoms with E-state index in [4.69, 9.17) is 8.83 Å². The lowest BCUT2D eigenvalue weighted by Crippen LogP contribution is -2.41. The zero-order valence-corrected chi connectivity index (χ0v) is 17.7. The third kappa shape index (κ3) is 4.18. The van der Waals surface area contributed by atoms with Crippen LogP contribution in [0, 0.1) is 13.8 Å². The molecule has 0 aliphatic heterocycles. The van der Waals surface area contributed by atoms with Gasteiger partial charge >= 0.3 is 5.91 Å². The Morgan fingerprint density at radius 1 is 0.938 bits per heavy atom. The zero-order valence-electron chi connectivity index (χ0n) is 17.7. The van der Waals surface area contributed by atoms with Gasteiger partial charge in [0.15, 0.2) is 5.76 Å². The highest BCUT2D eigenvalue weighted by molar-refractivity contribution is 6.07. The van der Waals surface area contributed by atoms with E-state index in [0.717, 1.165) is 6.42 Å². The van der Waals surface area contributed by atoms with Gasteiger partial charge in [0.05, 0.1) is 17.5 Å². The number of nitrogens with one attached hydrogen (secondary N) is 3. The van der Waals surface area contributed by atoms with Crippen molar-refractivity contribution >= 4 is 23.4 Å². The van der Waals surface area contributed by atoms with E-state index >= 15 is 0 Å². The van der Waals surface area contributed by atoms with Gasteiger partial charge in [0, 0.05) is 23.1 Å². The van der Waals surface area contributed by atoms with Crippen molar-refractivity contribution < 1.29 is 23.2 Å². The Balaban J connectivity index is 1.49. The van der Waals surface area contributed by atoms with Crippen LogP contribution in [0.25, 0.3) is 0 Å². The molecule has 0 saturated carbocycles. The zero-order chi connectivity index (χ0) is 22.7. The molecule has 0 fully saturated rings. The summed E-state index contributed by atoms with van der Waals surface area (Å²) in [6, 6.07) is 10.3. The molecule has 4 rings (SSSR count). The molecule has 164 valence electrons. The average Bonchev–Trinajstić information content (AvgIpc) is 3.39. The van der Waals surface area contributed by atoms with Crippen molar-refractivity contribution in [3.63, 3.8) is 0 Å². The van der Waals surface area contributed by atoms with Crippen molar-refractivity contribution in [2.75, 3.05) is 0 Å². The standard InChI is InChI=1S/C23H22N4O5/c1-13-19-17(24-25-21(28)15-7-4-3-5-8-15)9-6-10-18(19)32-20(13)23(30)27-26-22(29)16-11-12-31-14(16)2/h3-5,7-8,11-12H,6,9-10H2,1-2H3,(H,25,28)(H,26,29)(H,27,30)/b24-17+. The number of fused-ring (bicyclic) bond motifs is 1. The summed E-state index contributed by atoms with van der Waals surface area (Å²) >= 11 is 0. The number of hydrogen-bond donors (Lipinski definition) is 3. The van der Waals surface area contributed by atoms with E-state index in [2.05, 4.69) is 21.4 Å². The second kappa shape index (κ2) is 8.93. The van der Waals surface area contributed by atoms with Crippen molar-refractivity contribution in [2.45, 2.75) is 33.1 Å². The van der Waals surface area contributed by atoms with Crippen LogP contribution in [-0.4, -0.2) is 23.4 Å². The maximum Gasteiger partial charge on any atom is 0.305 e. The van der Waals surface area contributed by atoms with E-state index in [-0.39, 0.29) is 11.7 Å². The van der Waals surface area contributed by atoms with E-state index in [0.29, 0.717) is 52.3 Å². The SMILES string of the molecule is Cc1occc1C(=O)NNC(=O)c1oc2c(c1C)/C(=N/NC(=O)c1ccccc1)CCC2. The number of aryl methyl sites for hydroxylation is 2. The summed E-state index contributed by atoms with van der Waals surface area (Å²) in [6.07, 6.45) is 3.46. The normalized spacial score (nSPS) is 14.0. The summed E-state index contributed by atoms with van der Waals surface area (Å²) in [4.78, 5) is 37.1. The maximum atomic E-state index is 12.6. The summed E-state index contributed by atoms with van der Waals surface area (Å²) in [6.45, 7) is 3.40. The molecule has 1 aromatic carbocycles. The van der Waals surface area contributed by atoms with Crippen LogP contribution in [-0.2, 0) is 6.42 Å². The minimum absolute atomic E-state index is 0.0863. The molecule has 2 aromatic heterocycles. The third-order valence-electron chi connectivity index (χ3n) is 5.25. The quantitative estimate of drug-likeness (QED) is 0.544. The Morgan fingerprint density at radius 3 is 2.41 bits per heavy atom. The molecule has 3 N–H and O–H groups in total. The number of amides is 3. The Labute approximate surface area is 183 Å². The molecule has 9 nitrogen and oxygen atoms in total. The van der Waals surface area contributed by atoms with Crippen molar-refractivity contribution in [3.05, 3.63) is 82.2 Å². The fourth-order valence-electron chi connectivity index (χ4n) is 3.63. The summed E-state index contributed by atoms with van der Waals surface area (Å²) in [5.74, 6) is -0.239. The first-order chi connectivity index (χ1) is 15.5. The van der Waals surface area contributed by atoms with E-state index in [1.807, 2.05) is 6.07 Å². The van der Waals surface area contributed by atoms with Crippen LogP contribution in [0.5, 0.6) is 0 Å². The summed E-state index contributed by atoms with van der Waals surface area (Å²) in [7, 11) is 0. The molecule has 3 amide bonds. The number of hydrazine groups is 1. The molecule has 1 aliphatic carbocycles. The second-order valence-corrected chi connectivity index (χ2v) is 7.37. The van der Waals surface area contributed by atoms with Gasteiger partial charge in [-0.05, 0) is 44.9 Å². The van der Waals surface area contributed by atoms with E-state index in [1.54, 1.807) is 38.1 Å². The molecule has 0 saturated heterocycles. The largest absolute Gasteiger partial charge is 0.469 e. The molecule has 9 heteroatoms. The number of benzene rings is 1. The van der Waals surface area contributed by atoms with Crippen LogP contribution in [0.3, 0.4) is 0 Å². The molecule has 2 heterocycles.